The Morgan fingerprint density at radius 1 is 1.19 bits per heavy atom. The van der Waals surface area contributed by atoms with E-state index in [2.05, 4.69) is 51.1 Å². The smallest absolute Gasteiger partial charge is 0.144 e. The molecule has 0 unspecified atom stereocenters. The van der Waals surface area contributed by atoms with Crippen molar-refractivity contribution in [3.05, 3.63) is 47.9 Å². The largest absolute Gasteiger partial charge is 0.494 e. The maximum atomic E-state index is 5.77. The summed E-state index contributed by atoms with van der Waals surface area (Å²) in [6.45, 7) is 6.72. The number of hydrogen-bond acceptors (Lipinski definition) is 6. The standard InChI is InChI=1S/C21H31N5O/c1-3-27-19-8-6-17(7-9-19)15-26-13-4-5-18(11-14-26)25(2)16-21-23-12-10-20(22)24-21/h6-10,12,18H,3-5,11,13-16H2,1-2H3,(H2,22,23,24)/t18-/m0/s1. The van der Waals surface area contributed by atoms with E-state index < -0.39 is 0 Å². The number of rotatable bonds is 7. The van der Waals surface area contributed by atoms with Crippen molar-refractivity contribution < 1.29 is 4.74 Å². The highest BCUT2D eigenvalue weighted by molar-refractivity contribution is 5.27. The average molecular weight is 370 g/mol. The van der Waals surface area contributed by atoms with Crippen LogP contribution in [0.25, 0.3) is 0 Å². The number of nitrogen functional groups attached to an aromatic ring is 1. The molecule has 1 atom stereocenters. The fraction of sp³-hybridized carbons (Fsp3) is 0.524. The summed E-state index contributed by atoms with van der Waals surface area (Å²) in [7, 11) is 2.17. The Balaban J connectivity index is 1.50. The summed E-state index contributed by atoms with van der Waals surface area (Å²) in [6, 6.07) is 10.8. The fourth-order valence-corrected chi connectivity index (χ4v) is 3.70. The summed E-state index contributed by atoms with van der Waals surface area (Å²) in [5, 5.41) is 0. The minimum atomic E-state index is 0.538. The summed E-state index contributed by atoms with van der Waals surface area (Å²) >= 11 is 0. The number of aromatic nitrogens is 2. The van der Waals surface area contributed by atoms with Crippen molar-refractivity contribution in [2.24, 2.45) is 0 Å². The number of anilines is 1. The van der Waals surface area contributed by atoms with Gasteiger partial charge >= 0.3 is 0 Å². The Morgan fingerprint density at radius 2 is 2.00 bits per heavy atom. The molecule has 1 saturated heterocycles. The predicted molar refractivity (Wildman–Crippen MR) is 108 cm³/mol. The van der Waals surface area contributed by atoms with Crippen molar-refractivity contribution in [2.75, 3.05) is 32.5 Å². The van der Waals surface area contributed by atoms with Gasteiger partial charge in [-0.2, -0.15) is 0 Å². The van der Waals surface area contributed by atoms with E-state index in [1.54, 1.807) is 12.3 Å². The van der Waals surface area contributed by atoms with Crippen molar-refractivity contribution in [3.8, 4) is 5.75 Å². The highest BCUT2D eigenvalue weighted by atomic mass is 16.5. The molecule has 0 radical (unpaired) electrons. The number of nitrogens with zero attached hydrogens (tertiary/aromatic N) is 4. The van der Waals surface area contributed by atoms with E-state index in [0.717, 1.165) is 44.2 Å². The first kappa shape index (κ1) is 19.6. The van der Waals surface area contributed by atoms with E-state index in [1.807, 2.05) is 6.92 Å². The van der Waals surface area contributed by atoms with Gasteiger partial charge in [0.1, 0.15) is 17.4 Å². The van der Waals surface area contributed by atoms with Crippen LogP contribution in [0.4, 0.5) is 5.82 Å². The summed E-state index contributed by atoms with van der Waals surface area (Å²) in [6.07, 6.45) is 5.31. The topological polar surface area (TPSA) is 67.5 Å². The van der Waals surface area contributed by atoms with Crippen LogP contribution in [-0.2, 0) is 13.1 Å². The van der Waals surface area contributed by atoms with Crippen LogP contribution >= 0.6 is 0 Å². The van der Waals surface area contributed by atoms with E-state index >= 15 is 0 Å². The molecular weight excluding hydrogens is 338 g/mol. The highest BCUT2D eigenvalue weighted by Gasteiger charge is 2.21. The third-order valence-electron chi connectivity index (χ3n) is 5.17. The molecule has 1 aliphatic heterocycles. The minimum Gasteiger partial charge on any atom is -0.494 e. The van der Waals surface area contributed by atoms with E-state index in [-0.39, 0.29) is 0 Å². The van der Waals surface area contributed by atoms with E-state index in [9.17, 15) is 0 Å². The molecule has 3 rings (SSSR count). The van der Waals surface area contributed by atoms with Gasteiger partial charge in [-0.25, -0.2) is 9.97 Å². The predicted octanol–water partition coefficient (Wildman–Crippen LogP) is 2.94. The molecule has 0 saturated carbocycles. The van der Waals surface area contributed by atoms with Crippen LogP contribution in [0.15, 0.2) is 36.5 Å². The summed E-state index contributed by atoms with van der Waals surface area (Å²) < 4.78 is 5.53. The van der Waals surface area contributed by atoms with Gasteiger partial charge in [-0.1, -0.05) is 12.1 Å². The third-order valence-corrected chi connectivity index (χ3v) is 5.17. The van der Waals surface area contributed by atoms with Gasteiger partial charge in [-0.3, -0.25) is 9.80 Å². The molecule has 6 nitrogen and oxygen atoms in total. The maximum Gasteiger partial charge on any atom is 0.144 e. The van der Waals surface area contributed by atoms with Gasteiger partial charge < -0.3 is 10.5 Å². The second-order valence-corrected chi connectivity index (χ2v) is 7.25. The van der Waals surface area contributed by atoms with Gasteiger partial charge in [-0.05, 0) is 70.1 Å². The number of ether oxygens (including phenoxy) is 1. The van der Waals surface area contributed by atoms with Crippen LogP contribution < -0.4 is 10.5 Å². The lowest BCUT2D eigenvalue weighted by Crippen LogP contribution is -2.33. The average Bonchev–Trinajstić information content (AvgIpc) is 2.89. The zero-order chi connectivity index (χ0) is 19.1. The SMILES string of the molecule is CCOc1ccc(CN2CCC[C@H](N(C)Cc3nccc(N)n3)CC2)cc1. The lowest BCUT2D eigenvalue weighted by atomic mass is 10.1. The van der Waals surface area contributed by atoms with E-state index in [0.29, 0.717) is 18.5 Å². The highest BCUT2D eigenvalue weighted by Crippen LogP contribution is 2.20. The molecule has 1 aromatic carbocycles. The van der Waals surface area contributed by atoms with Gasteiger partial charge in [0, 0.05) is 18.8 Å². The lowest BCUT2D eigenvalue weighted by Gasteiger charge is -2.26. The first-order valence-corrected chi connectivity index (χ1v) is 9.85. The molecule has 0 amide bonds. The molecule has 0 bridgehead atoms. The Kier molecular flexibility index (Phi) is 7.01. The molecule has 1 aliphatic rings. The van der Waals surface area contributed by atoms with Crippen molar-refractivity contribution in [1.82, 2.24) is 19.8 Å². The van der Waals surface area contributed by atoms with Crippen molar-refractivity contribution in [3.63, 3.8) is 0 Å². The second-order valence-electron chi connectivity index (χ2n) is 7.25. The molecular formula is C21H31N5O. The van der Waals surface area contributed by atoms with Crippen LogP contribution in [0.3, 0.4) is 0 Å². The molecule has 6 heteroatoms. The summed E-state index contributed by atoms with van der Waals surface area (Å²) in [5.41, 5.74) is 7.12. The van der Waals surface area contributed by atoms with Gasteiger partial charge in [-0.15, -0.1) is 0 Å². The minimum absolute atomic E-state index is 0.538. The lowest BCUT2D eigenvalue weighted by molar-refractivity contribution is 0.202. The molecule has 27 heavy (non-hydrogen) atoms. The first-order valence-electron chi connectivity index (χ1n) is 9.85. The van der Waals surface area contributed by atoms with Crippen molar-refractivity contribution >= 4 is 5.82 Å². The van der Waals surface area contributed by atoms with Crippen LogP contribution in [0.2, 0.25) is 0 Å². The normalized spacial score (nSPS) is 18.4. The van der Waals surface area contributed by atoms with Crippen molar-refractivity contribution in [1.29, 1.82) is 0 Å². The van der Waals surface area contributed by atoms with Gasteiger partial charge in [0.2, 0.25) is 0 Å². The summed E-state index contributed by atoms with van der Waals surface area (Å²) in [5.74, 6) is 2.28. The molecule has 1 aromatic heterocycles. The first-order chi connectivity index (χ1) is 13.1. The van der Waals surface area contributed by atoms with E-state index in [1.165, 1.54) is 18.4 Å². The Labute approximate surface area is 162 Å². The molecule has 1 fully saturated rings. The Hall–Kier alpha value is -2.18. The number of likely N-dealkylation sites (tertiary alicyclic amines) is 1. The molecule has 2 N–H and O–H groups in total. The van der Waals surface area contributed by atoms with Crippen LogP contribution in [0.5, 0.6) is 5.75 Å². The monoisotopic (exact) mass is 369 g/mol. The third kappa shape index (κ3) is 5.91. The van der Waals surface area contributed by atoms with Gasteiger partial charge in [0.05, 0.1) is 13.2 Å². The summed E-state index contributed by atoms with van der Waals surface area (Å²) in [4.78, 5) is 13.6. The molecule has 146 valence electrons. The number of benzene rings is 1. The number of hydrogen-bond donors (Lipinski definition) is 1. The van der Waals surface area contributed by atoms with Crippen LogP contribution in [0, 0.1) is 0 Å². The Bertz CT molecular complexity index is 706. The molecule has 2 aromatic rings. The Morgan fingerprint density at radius 3 is 2.74 bits per heavy atom. The zero-order valence-corrected chi connectivity index (χ0v) is 16.5. The molecule has 2 heterocycles. The fourth-order valence-electron chi connectivity index (χ4n) is 3.70. The van der Waals surface area contributed by atoms with Gasteiger partial charge in [0.25, 0.3) is 0 Å². The van der Waals surface area contributed by atoms with Crippen LogP contribution in [-0.4, -0.2) is 52.6 Å². The zero-order valence-electron chi connectivity index (χ0n) is 16.5. The second kappa shape index (κ2) is 9.67. The van der Waals surface area contributed by atoms with Crippen molar-refractivity contribution in [2.45, 2.75) is 45.3 Å². The van der Waals surface area contributed by atoms with E-state index in [4.69, 9.17) is 10.5 Å². The molecule has 0 spiro atoms. The van der Waals surface area contributed by atoms with Crippen LogP contribution in [0.1, 0.15) is 37.6 Å². The van der Waals surface area contributed by atoms with Gasteiger partial charge in [0.15, 0.2) is 0 Å². The maximum absolute atomic E-state index is 5.77. The quantitative estimate of drug-likeness (QED) is 0.809. The number of nitrogens with two attached hydrogens (primary N) is 1. The molecule has 0 aliphatic carbocycles.